The number of nitrogens with one attached hydrogen (secondary N) is 2. The van der Waals surface area contributed by atoms with Crippen LogP contribution < -0.4 is 15.4 Å². The normalized spacial score (nSPS) is 15.5. The van der Waals surface area contributed by atoms with Crippen LogP contribution in [0, 0.1) is 0 Å². The van der Waals surface area contributed by atoms with Crippen molar-refractivity contribution in [3.8, 4) is 17.0 Å². The van der Waals surface area contributed by atoms with Crippen LogP contribution in [0.3, 0.4) is 0 Å². The zero-order chi connectivity index (χ0) is 24.9. The van der Waals surface area contributed by atoms with Crippen LogP contribution in [0.5, 0.6) is 5.75 Å². The van der Waals surface area contributed by atoms with Crippen molar-refractivity contribution in [2.45, 2.75) is 18.6 Å². The highest BCUT2D eigenvalue weighted by atomic mass is 32.2. The fourth-order valence-electron chi connectivity index (χ4n) is 3.31. The summed E-state index contributed by atoms with van der Waals surface area (Å²) in [5.74, 6) is 1.17. The summed E-state index contributed by atoms with van der Waals surface area (Å²) in [6.45, 7) is 6.14. The standard InChI is InChI=1S/C19H20N4O3.C6H13NOS/c1-13(24)25-10-3-11-26-15-6-4-14(5-7-15)16-12-17-18(19(20-2)23-16)22-9-8-21-17;1-9-6-4-7-2-3-8-5-6/h4-9,12H,3,10-11H2,1-2H3,(H,20,23);6-7H,2-5H2,1H3. The molecule has 2 N–H and O–H groups in total. The molecule has 0 bridgehead atoms. The lowest BCUT2D eigenvalue weighted by Gasteiger charge is -2.09. The molecule has 0 amide bonds. The third-order valence-corrected chi connectivity index (χ3v) is 6.11. The summed E-state index contributed by atoms with van der Waals surface area (Å²) in [4.78, 5) is 24.0. The summed E-state index contributed by atoms with van der Waals surface area (Å²) in [5.41, 5.74) is 3.30. The molecule has 188 valence electrons. The van der Waals surface area contributed by atoms with Gasteiger partial charge in [-0.25, -0.2) is 9.97 Å². The van der Waals surface area contributed by atoms with Crippen LogP contribution in [-0.2, 0) is 14.3 Å². The Hall–Kier alpha value is -2.95. The Balaban J connectivity index is 0.000000320. The first kappa shape index (κ1) is 26.7. The molecular weight excluding hydrogens is 466 g/mol. The van der Waals surface area contributed by atoms with Crippen molar-refractivity contribution in [3.63, 3.8) is 0 Å². The maximum Gasteiger partial charge on any atom is 0.302 e. The van der Waals surface area contributed by atoms with Gasteiger partial charge in [0.2, 0.25) is 0 Å². The van der Waals surface area contributed by atoms with Gasteiger partial charge in [0, 0.05) is 56.7 Å². The molecule has 10 heteroatoms. The van der Waals surface area contributed by atoms with Crippen LogP contribution in [-0.4, -0.2) is 79.0 Å². The Morgan fingerprint density at radius 1 is 1.23 bits per heavy atom. The molecule has 2 aromatic heterocycles. The third kappa shape index (κ3) is 8.65. The second-order valence-electron chi connectivity index (χ2n) is 7.73. The minimum absolute atomic E-state index is 0.275. The number of esters is 1. The maximum absolute atomic E-state index is 10.7. The van der Waals surface area contributed by atoms with Gasteiger partial charge in [-0.2, -0.15) is 11.8 Å². The van der Waals surface area contributed by atoms with Crippen LogP contribution in [0.15, 0.2) is 42.7 Å². The van der Waals surface area contributed by atoms with Crippen LogP contribution in [0.1, 0.15) is 13.3 Å². The van der Waals surface area contributed by atoms with E-state index in [-0.39, 0.29) is 5.97 Å². The molecule has 3 aromatic rings. The number of rotatable bonds is 8. The topological polar surface area (TPSA) is 107 Å². The number of benzene rings is 1. The number of carbonyl (C=O) groups is 1. The summed E-state index contributed by atoms with van der Waals surface area (Å²) in [6.07, 6.45) is 6.09. The van der Waals surface area contributed by atoms with Gasteiger partial charge < -0.3 is 24.8 Å². The smallest absolute Gasteiger partial charge is 0.302 e. The molecule has 0 saturated carbocycles. The summed E-state index contributed by atoms with van der Waals surface area (Å²) in [5, 5.41) is 7.03. The monoisotopic (exact) mass is 499 g/mol. The number of carbonyl (C=O) groups excluding carboxylic acids is 1. The highest BCUT2D eigenvalue weighted by Gasteiger charge is 2.10. The number of hydrogen-bond acceptors (Lipinski definition) is 10. The quantitative estimate of drug-likeness (QED) is 0.354. The van der Waals surface area contributed by atoms with E-state index in [1.165, 1.54) is 6.92 Å². The molecule has 1 unspecified atom stereocenters. The molecular formula is C25H33N5O4S. The predicted molar refractivity (Wildman–Crippen MR) is 140 cm³/mol. The fraction of sp³-hybridized carbons (Fsp3) is 0.440. The van der Waals surface area contributed by atoms with E-state index in [9.17, 15) is 4.79 Å². The van der Waals surface area contributed by atoms with Gasteiger partial charge in [0.25, 0.3) is 0 Å². The van der Waals surface area contributed by atoms with Gasteiger partial charge in [-0.05, 0) is 36.6 Å². The number of fused-ring (bicyclic) bond motifs is 1. The first-order valence-corrected chi connectivity index (χ1v) is 12.9. The molecule has 0 spiro atoms. The molecule has 1 aliphatic rings. The molecule has 0 radical (unpaired) electrons. The van der Waals surface area contributed by atoms with E-state index in [4.69, 9.17) is 14.2 Å². The highest BCUT2D eigenvalue weighted by molar-refractivity contribution is 7.99. The van der Waals surface area contributed by atoms with E-state index in [1.54, 1.807) is 12.4 Å². The van der Waals surface area contributed by atoms with Gasteiger partial charge in [0.15, 0.2) is 5.82 Å². The van der Waals surface area contributed by atoms with Crippen LogP contribution in [0.25, 0.3) is 22.3 Å². The number of anilines is 1. The minimum atomic E-state index is -0.275. The lowest BCUT2D eigenvalue weighted by molar-refractivity contribution is -0.141. The van der Waals surface area contributed by atoms with Crippen molar-refractivity contribution in [1.82, 2.24) is 20.3 Å². The zero-order valence-electron chi connectivity index (χ0n) is 20.5. The van der Waals surface area contributed by atoms with E-state index < -0.39 is 0 Å². The van der Waals surface area contributed by atoms with Crippen molar-refractivity contribution < 1.29 is 19.0 Å². The Morgan fingerprint density at radius 3 is 2.77 bits per heavy atom. The second-order valence-corrected chi connectivity index (χ2v) is 8.87. The number of pyridine rings is 1. The van der Waals surface area contributed by atoms with Crippen LogP contribution >= 0.6 is 11.8 Å². The van der Waals surface area contributed by atoms with E-state index in [0.717, 1.165) is 54.3 Å². The van der Waals surface area contributed by atoms with Gasteiger partial charge in [0.1, 0.15) is 11.3 Å². The molecule has 0 aliphatic carbocycles. The van der Waals surface area contributed by atoms with Gasteiger partial charge in [-0.1, -0.05) is 0 Å². The second kappa shape index (κ2) is 14.4. The average Bonchev–Trinajstić information content (AvgIpc) is 3.17. The number of ether oxygens (including phenoxy) is 3. The Morgan fingerprint density at radius 2 is 2.03 bits per heavy atom. The largest absolute Gasteiger partial charge is 0.493 e. The Labute approximate surface area is 210 Å². The number of hydrogen-bond donors (Lipinski definition) is 2. The number of nitrogens with zero attached hydrogens (tertiary/aromatic N) is 3. The number of aromatic nitrogens is 3. The van der Waals surface area contributed by atoms with Gasteiger partial charge >= 0.3 is 5.97 Å². The predicted octanol–water partition coefficient (Wildman–Crippen LogP) is 3.40. The highest BCUT2D eigenvalue weighted by Crippen LogP contribution is 2.26. The average molecular weight is 500 g/mol. The van der Waals surface area contributed by atoms with Crippen LogP contribution in [0.4, 0.5) is 5.82 Å². The third-order valence-electron chi connectivity index (χ3n) is 5.14. The van der Waals surface area contributed by atoms with E-state index in [0.29, 0.717) is 30.7 Å². The molecule has 1 aromatic carbocycles. The number of thioether (sulfide) groups is 1. The summed E-state index contributed by atoms with van der Waals surface area (Å²) in [7, 11) is 1.81. The van der Waals surface area contributed by atoms with Crippen molar-refractivity contribution in [1.29, 1.82) is 0 Å². The van der Waals surface area contributed by atoms with Crippen molar-refractivity contribution in [2.24, 2.45) is 0 Å². The summed E-state index contributed by atoms with van der Waals surface area (Å²) < 4.78 is 15.8. The molecule has 1 fully saturated rings. The van der Waals surface area contributed by atoms with Crippen LogP contribution in [0.2, 0.25) is 0 Å². The minimum Gasteiger partial charge on any atom is -0.493 e. The van der Waals surface area contributed by atoms with Crippen molar-refractivity contribution >= 4 is 34.6 Å². The van der Waals surface area contributed by atoms with Gasteiger partial charge in [-0.15, -0.1) is 0 Å². The van der Waals surface area contributed by atoms with Crippen molar-refractivity contribution in [2.75, 3.05) is 58.1 Å². The lowest BCUT2D eigenvalue weighted by Crippen LogP contribution is -2.24. The van der Waals surface area contributed by atoms with E-state index in [2.05, 4.69) is 31.8 Å². The first-order chi connectivity index (χ1) is 17.1. The first-order valence-electron chi connectivity index (χ1n) is 11.6. The molecule has 35 heavy (non-hydrogen) atoms. The zero-order valence-corrected chi connectivity index (χ0v) is 21.3. The van der Waals surface area contributed by atoms with Gasteiger partial charge in [0.05, 0.1) is 37.6 Å². The molecule has 1 atom stereocenters. The molecule has 1 aliphatic heterocycles. The lowest BCUT2D eigenvalue weighted by atomic mass is 10.1. The van der Waals surface area contributed by atoms with Gasteiger partial charge in [-0.3, -0.25) is 9.78 Å². The Kier molecular flexibility index (Phi) is 11.0. The summed E-state index contributed by atoms with van der Waals surface area (Å²) >= 11 is 1.87. The molecule has 9 nitrogen and oxygen atoms in total. The van der Waals surface area contributed by atoms with E-state index >= 15 is 0 Å². The molecule has 4 rings (SSSR count). The van der Waals surface area contributed by atoms with E-state index in [1.807, 2.05) is 49.1 Å². The SMILES string of the molecule is CNc1nc(-c2ccc(OCCCOC(C)=O)cc2)cc2nccnc12.CSC1CNCCOC1. The Bertz CT molecular complexity index is 1060. The maximum atomic E-state index is 10.7. The van der Waals surface area contributed by atoms with Crippen molar-refractivity contribution in [3.05, 3.63) is 42.7 Å². The molecule has 1 saturated heterocycles. The summed E-state index contributed by atoms with van der Waals surface area (Å²) in [6, 6.07) is 9.60. The molecule has 3 heterocycles. The fourth-order valence-corrected chi connectivity index (χ4v) is 3.83.